The molecular formula is C15H21FN2O3. The van der Waals surface area contributed by atoms with Crippen LogP contribution in [0, 0.1) is 28.8 Å². The molecule has 0 fully saturated rings. The van der Waals surface area contributed by atoms with Gasteiger partial charge in [0.2, 0.25) is 0 Å². The van der Waals surface area contributed by atoms with Crippen molar-refractivity contribution in [3.63, 3.8) is 0 Å². The molecule has 21 heavy (non-hydrogen) atoms. The minimum atomic E-state index is -0.700. The Morgan fingerprint density at radius 1 is 1.38 bits per heavy atom. The molecule has 1 amide bonds. The second kappa shape index (κ2) is 6.65. The lowest BCUT2D eigenvalue weighted by atomic mass is 10.0. The molecule has 1 unspecified atom stereocenters. The zero-order valence-electron chi connectivity index (χ0n) is 13.0. The summed E-state index contributed by atoms with van der Waals surface area (Å²) in [4.78, 5) is 24.0. The Bertz CT molecular complexity index is 558. The van der Waals surface area contributed by atoms with E-state index in [4.69, 9.17) is 0 Å². The molecule has 0 aliphatic carbocycles. The number of rotatable bonds is 5. The molecular weight excluding hydrogens is 275 g/mol. The second-order valence-corrected chi connectivity index (χ2v) is 5.78. The third kappa shape index (κ3) is 4.00. The third-order valence-electron chi connectivity index (χ3n) is 3.47. The summed E-state index contributed by atoms with van der Waals surface area (Å²) in [5.41, 5.74) is -0.431. The average Bonchev–Trinajstić information content (AvgIpc) is 2.38. The van der Waals surface area contributed by atoms with Crippen molar-refractivity contribution in [1.29, 1.82) is 0 Å². The molecule has 5 nitrogen and oxygen atoms in total. The predicted octanol–water partition coefficient (Wildman–Crippen LogP) is 3.55. The minimum absolute atomic E-state index is 0.0727. The summed E-state index contributed by atoms with van der Waals surface area (Å²) >= 11 is 0. The molecule has 116 valence electrons. The lowest BCUT2D eigenvalue weighted by molar-refractivity contribution is -0.385. The maximum atomic E-state index is 14.1. The first kappa shape index (κ1) is 17.1. The maximum absolute atomic E-state index is 14.1. The van der Waals surface area contributed by atoms with E-state index in [9.17, 15) is 19.3 Å². The molecule has 0 radical (unpaired) electrons. The Morgan fingerprint density at radius 2 is 1.95 bits per heavy atom. The molecule has 0 saturated heterocycles. The fourth-order valence-electron chi connectivity index (χ4n) is 2.24. The van der Waals surface area contributed by atoms with E-state index in [0.717, 1.165) is 18.6 Å². The summed E-state index contributed by atoms with van der Waals surface area (Å²) in [6.07, 6.45) is 0.776. The smallest absolute Gasteiger partial charge is 0.270 e. The van der Waals surface area contributed by atoms with Crippen LogP contribution in [0.25, 0.3) is 0 Å². The number of nitrogens with zero attached hydrogens (tertiary/aromatic N) is 2. The van der Waals surface area contributed by atoms with Gasteiger partial charge in [0, 0.05) is 25.2 Å². The standard InChI is InChI=1S/C15H21FN2O3/c1-9(2)6-11(4)17(5)15(19)13-8-12(18(20)21)7-10(3)14(13)16/h7-9,11H,6H2,1-5H3. The highest BCUT2D eigenvalue weighted by atomic mass is 19.1. The van der Waals surface area contributed by atoms with Gasteiger partial charge in [-0.15, -0.1) is 0 Å². The molecule has 1 rings (SSSR count). The highest BCUT2D eigenvalue weighted by molar-refractivity contribution is 5.95. The number of halogens is 1. The summed E-state index contributed by atoms with van der Waals surface area (Å²) in [5, 5.41) is 10.8. The largest absolute Gasteiger partial charge is 0.339 e. The predicted molar refractivity (Wildman–Crippen MR) is 78.8 cm³/mol. The van der Waals surface area contributed by atoms with Crippen LogP contribution in [0.5, 0.6) is 0 Å². The fraction of sp³-hybridized carbons (Fsp3) is 0.533. The van der Waals surface area contributed by atoms with Crippen molar-refractivity contribution in [3.8, 4) is 0 Å². The second-order valence-electron chi connectivity index (χ2n) is 5.78. The summed E-state index contributed by atoms with van der Waals surface area (Å²) < 4.78 is 14.1. The maximum Gasteiger partial charge on any atom is 0.270 e. The molecule has 0 aliphatic rings. The van der Waals surface area contributed by atoms with Crippen LogP contribution in [-0.2, 0) is 0 Å². The van der Waals surface area contributed by atoms with Gasteiger partial charge in [0.05, 0.1) is 10.5 Å². The first-order valence-corrected chi connectivity index (χ1v) is 6.86. The van der Waals surface area contributed by atoms with Gasteiger partial charge < -0.3 is 4.90 Å². The number of benzene rings is 1. The lowest BCUT2D eigenvalue weighted by Crippen LogP contribution is -2.36. The molecule has 0 bridgehead atoms. The summed E-state index contributed by atoms with van der Waals surface area (Å²) in [6.45, 7) is 7.36. The number of nitro benzene ring substituents is 1. The Balaban J connectivity index is 3.14. The van der Waals surface area contributed by atoms with Gasteiger partial charge in [-0.2, -0.15) is 0 Å². The monoisotopic (exact) mass is 296 g/mol. The van der Waals surface area contributed by atoms with Gasteiger partial charge in [0.25, 0.3) is 11.6 Å². The Kier molecular flexibility index (Phi) is 5.41. The molecule has 1 aromatic rings. The van der Waals surface area contributed by atoms with Gasteiger partial charge in [-0.3, -0.25) is 14.9 Å². The van der Waals surface area contributed by atoms with Crippen molar-refractivity contribution in [2.75, 3.05) is 7.05 Å². The Hall–Kier alpha value is -1.98. The first-order chi connectivity index (χ1) is 9.65. The molecule has 0 spiro atoms. The van der Waals surface area contributed by atoms with E-state index in [1.807, 2.05) is 20.8 Å². The normalized spacial score (nSPS) is 12.3. The zero-order chi connectivity index (χ0) is 16.3. The van der Waals surface area contributed by atoms with E-state index in [0.29, 0.717) is 5.92 Å². The van der Waals surface area contributed by atoms with E-state index < -0.39 is 16.6 Å². The number of non-ortho nitro benzene ring substituents is 1. The SMILES string of the molecule is Cc1cc([N+](=O)[O-])cc(C(=O)N(C)C(C)CC(C)C)c1F. The van der Waals surface area contributed by atoms with Gasteiger partial charge in [0.15, 0.2) is 0 Å². The van der Waals surface area contributed by atoms with Crippen LogP contribution in [0.15, 0.2) is 12.1 Å². The van der Waals surface area contributed by atoms with Crippen LogP contribution in [0.1, 0.15) is 43.1 Å². The van der Waals surface area contributed by atoms with Gasteiger partial charge in [-0.05, 0) is 31.7 Å². The number of nitro groups is 1. The van der Waals surface area contributed by atoms with E-state index in [-0.39, 0.29) is 22.9 Å². The Morgan fingerprint density at radius 3 is 2.43 bits per heavy atom. The summed E-state index contributed by atoms with van der Waals surface area (Å²) in [5.74, 6) is -0.839. The van der Waals surface area contributed by atoms with Crippen molar-refractivity contribution in [1.82, 2.24) is 4.90 Å². The lowest BCUT2D eigenvalue weighted by Gasteiger charge is -2.26. The van der Waals surface area contributed by atoms with Gasteiger partial charge in [0.1, 0.15) is 5.82 Å². The van der Waals surface area contributed by atoms with E-state index in [1.54, 1.807) is 7.05 Å². The number of hydrogen-bond donors (Lipinski definition) is 0. The number of aryl methyl sites for hydroxylation is 1. The van der Waals surface area contributed by atoms with Gasteiger partial charge in [-0.25, -0.2) is 4.39 Å². The average molecular weight is 296 g/mol. The quantitative estimate of drug-likeness (QED) is 0.616. The highest BCUT2D eigenvalue weighted by Gasteiger charge is 2.24. The fourth-order valence-corrected chi connectivity index (χ4v) is 2.24. The molecule has 0 heterocycles. The van der Waals surface area contributed by atoms with Crippen molar-refractivity contribution in [3.05, 3.63) is 39.2 Å². The van der Waals surface area contributed by atoms with Crippen molar-refractivity contribution >= 4 is 11.6 Å². The van der Waals surface area contributed by atoms with Crippen LogP contribution in [0.4, 0.5) is 10.1 Å². The van der Waals surface area contributed by atoms with Crippen molar-refractivity contribution in [2.24, 2.45) is 5.92 Å². The molecule has 6 heteroatoms. The van der Waals surface area contributed by atoms with Crippen LogP contribution < -0.4 is 0 Å². The zero-order valence-corrected chi connectivity index (χ0v) is 13.0. The molecule has 0 N–H and O–H groups in total. The van der Waals surface area contributed by atoms with Gasteiger partial charge >= 0.3 is 0 Å². The molecule has 1 atom stereocenters. The minimum Gasteiger partial charge on any atom is -0.339 e. The van der Waals surface area contributed by atoms with Crippen LogP contribution in [-0.4, -0.2) is 28.8 Å². The van der Waals surface area contributed by atoms with Crippen molar-refractivity contribution in [2.45, 2.75) is 40.2 Å². The van der Waals surface area contributed by atoms with Crippen LogP contribution >= 0.6 is 0 Å². The number of amides is 1. The highest BCUT2D eigenvalue weighted by Crippen LogP contribution is 2.23. The molecule has 0 saturated carbocycles. The molecule has 1 aromatic carbocycles. The Labute approximate surface area is 123 Å². The van der Waals surface area contributed by atoms with E-state index in [1.165, 1.54) is 11.8 Å². The number of carbonyl (C=O) groups excluding carboxylic acids is 1. The number of hydrogen-bond acceptors (Lipinski definition) is 3. The van der Waals surface area contributed by atoms with Crippen LogP contribution in [0.3, 0.4) is 0 Å². The molecule has 0 aliphatic heterocycles. The number of carbonyl (C=O) groups is 1. The molecule has 0 aromatic heterocycles. The topological polar surface area (TPSA) is 63.5 Å². The van der Waals surface area contributed by atoms with Crippen LogP contribution in [0.2, 0.25) is 0 Å². The third-order valence-corrected chi connectivity index (χ3v) is 3.47. The first-order valence-electron chi connectivity index (χ1n) is 6.86. The van der Waals surface area contributed by atoms with E-state index in [2.05, 4.69) is 0 Å². The van der Waals surface area contributed by atoms with Crippen molar-refractivity contribution < 1.29 is 14.1 Å². The summed E-state index contributed by atoms with van der Waals surface area (Å²) in [7, 11) is 1.59. The van der Waals surface area contributed by atoms with E-state index >= 15 is 0 Å². The van der Waals surface area contributed by atoms with Gasteiger partial charge in [-0.1, -0.05) is 13.8 Å². The summed E-state index contributed by atoms with van der Waals surface area (Å²) in [6, 6.07) is 2.06.